The lowest BCUT2D eigenvalue weighted by atomic mass is 10.1. The normalized spacial score (nSPS) is 21.4. The molecule has 1 aromatic carbocycles. The van der Waals surface area contributed by atoms with Crippen LogP contribution in [0.4, 0.5) is 0 Å². The Bertz CT molecular complexity index is 322. The smallest absolute Gasteiger partial charge is 0.183 e. The number of benzene rings is 1. The van der Waals surface area contributed by atoms with Gasteiger partial charge in [0.1, 0.15) is 9.67 Å². The van der Waals surface area contributed by atoms with Gasteiger partial charge in [-0.15, -0.1) is 0 Å². The minimum atomic E-state index is -0.155. The van der Waals surface area contributed by atoms with Crippen molar-refractivity contribution < 1.29 is 9.53 Å². The Kier molecular flexibility index (Phi) is 2.04. The lowest BCUT2D eigenvalue weighted by molar-refractivity contribution is 0.0973. The van der Waals surface area contributed by atoms with E-state index < -0.39 is 0 Å². The van der Waals surface area contributed by atoms with Gasteiger partial charge < -0.3 is 4.74 Å². The van der Waals surface area contributed by atoms with Gasteiger partial charge in [-0.3, -0.25) is 4.79 Å². The van der Waals surface area contributed by atoms with Crippen LogP contribution in [0.5, 0.6) is 5.75 Å². The van der Waals surface area contributed by atoms with Gasteiger partial charge in [0.2, 0.25) is 0 Å². The molecule has 2 rings (SSSR count). The summed E-state index contributed by atoms with van der Waals surface area (Å²) in [5.74, 6) is 0.785. The molecule has 1 aliphatic heterocycles. The summed E-state index contributed by atoms with van der Waals surface area (Å²) in [5.41, 5.74) is 0.680. The average molecular weight is 273 g/mol. The third-order valence-corrected chi connectivity index (χ3v) is 2.58. The fourth-order valence-corrected chi connectivity index (χ4v) is 1.60. The first-order valence-corrected chi connectivity index (χ1v) is 4.81. The molecule has 1 aromatic rings. The second-order valence-corrected chi connectivity index (χ2v) is 3.86. The monoisotopic (exact) mass is 273 g/mol. The first-order valence-electron chi connectivity index (χ1n) is 3.56. The number of alkyl halides is 1. The van der Waals surface area contributed by atoms with Crippen LogP contribution in [0.3, 0.4) is 0 Å². The predicted octanol–water partition coefficient (Wildman–Crippen LogP) is 2.23. The fraction of sp³-hybridized carbons (Fsp3) is 0.111. The van der Waals surface area contributed by atoms with Crippen molar-refractivity contribution in [2.24, 2.45) is 0 Å². The summed E-state index contributed by atoms with van der Waals surface area (Å²) in [6.07, 6.45) is 0. The van der Waals surface area contributed by atoms with Crippen molar-refractivity contribution in [3.63, 3.8) is 0 Å². The summed E-state index contributed by atoms with van der Waals surface area (Å²) in [7, 11) is 0. The molecule has 0 aromatic heterocycles. The third-order valence-electron chi connectivity index (χ3n) is 1.72. The quantitative estimate of drug-likeness (QED) is 0.535. The number of Topliss-reactive ketones (excluding diaryl/α,β-unsaturated/α-hetero) is 1. The second kappa shape index (κ2) is 3.05. The van der Waals surface area contributed by atoms with Gasteiger partial charge in [0.25, 0.3) is 0 Å². The number of para-hydroxylation sites is 1. The number of halogens is 1. The number of hydrogen-bond acceptors (Lipinski definition) is 2. The molecule has 1 aliphatic rings. The Balaban J connectivity index is 2.49. The van der Waals surface area contributed by atoms with Gasteiger partial charge in [0.05, 0.1) is 5.56 Å². The van der Waals surface area contributed by atoms with E-state index >= 15 is 0 Å². The predicted molar refractivity (Wildman–Crippen MR) is 53.5 cm³/mol. The summed E-state index contributed by atoms with van der Waals surface area (Å²) >= 11 is 2.05. The fourth-order valence-electron chi connectivity index (χ4n) is 1.12. The van der Waals surface area contributed by atoms with Crippen molar-refractivity contribution in [1.82, 2.24) is 0 Å². The summed E-state index contributed by atoms with van der Waals surface area (Å²) in [5, 5.41) is 0. The Morgan fingerprint density at radius 3 is 2.92 bits per heavy atom. The Morgan fingerprint density at radius 2 is 2.08 bits per heavy atom. The highest BCUT2D eigenvalue weighted by atomic mass is 127. The van der Waals surface area contributed by atoms with Crippen LogP contribution in [0.15, 0.2) is 24.3 Å². The summed E-state index contributed by atoms with van der Waals surface area (Å²) < 4.78 is 5.10. The van der Waals surface area contributed by atoms with Crippen LogP contribution in [-0.2, 0) is 0 Å². The van der Waals surface area contributed by atoms with Gasteiger partial charge in [-0.2, -0.15) is 0 Å². The number of ketones is 1. The van der Waals surface area contributed by atoms with Crippen molar-refractivity contribution in [1.29, 1.82) is 0 Å². The van der Waals surface area contributed by atoms with E-state index in [9.17, 15) is 4.79 Å². The van der Waals surface area contributed by atoms with Crippen LogP contribution in [0, 0.1) is 6.61 Å². The number of carbonyl (C=O) groups excluding carboxylic acids is 1. The molecule has 1 atom stereocenters. The molecule has 61 valence electrons. The number of fused-ring (bicyclic) bond motifs is 1. The molecule has 1 unspecified atom stereocenters. The lowest BCUT2D eigenvalue weighted by Gasteiger charge is -2.18. The zero-order chi connectivity index (χ0) is 8.55. The van der Waals surface area contributed by atoms with Crippen LogP contribution >= 0.6 is 22.6 Å². The van der Waals surface area contributed by atoms with E-state index in [0.29, 0.717) is 11.3 Å². The highest BCUT2D eigenvalue weighted by Crippen LogP contribution is 2.28. The van der Waals surface area contributed by atoms with Crippen molar-refractivity contribution in [3.05, 3.63) is 36.4 Å². The van der Waals surface area contributed by atoms with E-state index in [-0.39, 0.29) is 9.71 Å². The molecule has 2 nitrogen and oxygen atoms in total. The Labute approximate surface area is 84.1 Å². The average Bonchev–Trinajstić information content (AvgIpc) is 2.12. The zero-order valence-electron chi connectivity index (χ0n) is 6.16. The number of hydrogen-bond donors (Lipinski definition) is 0. The standard InChI is InChI=1S/C9H6IO2/c10-7-5-12-8-4-2-1-3-6(8)9(7)11/h1-5,7H. The van der Waals surface area contributed by atoms with Crippen molar-refractivity contribution in [2.75, 3.05) is 0 Å². The number of rotatable bonds is 0. The van der Waals surface area contributed by atoms with Crippen LogP contribution in [0.1, 0.15) is 10.4 Å². The highest BCUT2D eigenvalue weighted by Gasteiger charge is 2.26. The van der Waals surface area contributed by atoms with Gasteiger partial charge in [-0.05, 0) is 12.1 Å². The molecule has 0 amide bonds. The highest BCUT2D eigenvalue weighted by molar-refractivity contribution is 14.1. The van der Waals surface area contributed by atoms with Crippen LogP contribution in [0.2, 0.25) is 0 Å². The van der Waals surface area contributed by atoms with Crippen molar-refractivity contribution in [3.8, 4) is 5.75 Å². The van der Waals surface area contributed by atoms with E-state index in [1.165, 1.54) is 0 Å². The largest absolute Gasteiger partial charge is 0.484 e. The van der Waals surface area contributed by atoms with E-state index in [1.54, 1.807) is 18.7 Å². The zero-order valence-corrected chi connectivity index (χ0v) is 8.32. The van der Waals surface area contributed by atoms with Gasteiger partial charge in [-0.1, -0.05) is 34.7 Å². The molecular formula is C9H6IO2. The maximum atomic E-state index is 11.5. The van der Waals surface area contributed by atoms with Gasteiger partial charge in [0, 0.05) is 0 Å². The van der Waals surface area contributed by atoms with Crippen LogP contribution < -0.4 is 4.74 Å². The van der Waals surface area contributed by atoms with E-state index in [2.05, 4.69) is 0 Å². The first kappa shape index (κ1) is 8.04. The number of carbonyl (C=O) groups is 1. The SMILES string of the molecule is O=C1c2ccccc2O[CH]C1I. The summed E-state index contributed by atoms with van der Waals surface area (Å²) in [4.78, 5) is 11.5. The molecule has 0 aliphatic carbocycles. The molecule has 0 saturated heterocycles. The lowest BCUT2D eigenvalue weighted by Crippen LogP contribution is -2.23. The molecule has 12 heavy (non-hydrogen) atoms. The molecule has 3 heteroatoms. The molecule has 0 spiro atoms. The van der Waals surface area contributed by atoms with Gasteiger partial charge >= 0.3 is 0 Å². The summed E-state index contributed by atoms with van der Waals surface area (Å²) in [6, 6.07) is 7.28. The first-order chi connectivity index (χ1) is 5.79. The molecular weight excluding hydrogens is 267 g/mol. The minimum Gasteiger partial charge on any atom is -0.484 e. The molecule has 0 fully saturated rings. The molecule has 0 N–H and O–H groups in total. The molecule has 1 radical (unpaired) electrons. The summed E-state index contributed by atoms with van der Waals surface area (Å²) in [6.45, 7) is 1.56. The van der Waals surface area contributed by atoms with Crippen LogP contribution in [0.25, 0.3) is 0 Å². The van der Waals surface area contributed by atoms with E-state index in [4.69, 9.17) is 4.74 Å². The van der Waals surface area contributed by atoms with Gasteiger partial charge in [-0.25, -0.2) is 0 Å². The maximum Gasteiger partial charge on any atom is 0.183 e. The van der Waals surface area contributed by atoms with Crippen molar-refractivity contribution >= 4 is 28.4 Å². The topological polar surface area (TPSA) is 26.3 Å². The second-order valence-electron chi connectivity index (χ2n) is 2.52. The third kappa shape index (κ3) is 1.22. The van der Waals surface area contributed by atoms with Crippen molar-refractivity contribution in [2.45, 2.75) is 3.92 Å². The Hall–Kier alpha value is -0.580. The van der Waals surface area contributed by atoms with E-state index in [0.717, 1.165) is 0 Å². The molecule has 0 bridgehead atoms. The molecule has 1 heterocycles. The van der Waals surface area contributed by atoms with Crippen LogP contribution in [-0.4, -0.2) is 9.71 Å². The number of ether oxygens (including phenoxy) is 1. The van der Waals surface area contributed by atoms with E-state index in [1.807, 2.05) is 34.7 Å². The molecule has 0 saturated carbocycles. The Morgan fingerprint density at radius 1 is 1.33 bits per heavy atom. The maximum absolute atomic E-state index is 11.5. The minimum absolute atomic E-state index is 0.123. The van der Waals surface area contributed by atoms with Gasteiger partial charge in [0.15, 0.2) is 12.4 Å².